The number of aromatic nitrogens is 1. The standard InChI is InChI=1S/C15H12N2O/c1-18-14-7-5-12(6-8-14)10-13(11-16)15-4-2-3-9-17-15/h2-10H,1H3/b13-10-. The lowest BCUT2D eigenvalue weighted by Gasteiger charge is -2.01. The molecule has 0 saturated carbocycles. The zero-order chi connectivity index (χ0) is 12.8. The second-order valence-corrected chi connectivity index (χ2v) is 3.66. The highest BCUT2D eigenvalue weighted by molar-refractivity contribution is 5.88. The van der Waals surface area contributed by atoms with Gasteiger partial charge in [0.05, 0.1) is 18.4 Å². The number of hydrogen-bond donors (Lipinski definition) is 0. The molecule has 18 heavy (non-hydrogen) atoms. The molecule has 0 N–H and O–H groups in total. The number of pyridine rings is 1. The van der Waals surface area contributed by atoms with E-state index in [0.29, 0.717) is 11.3 Å². The molecule has 0 unspecified atom stereocenters. The first-order chi connectivity index (χ1) is 8.83. The van der Waals surface area contributed by atoms with Crippen molar-refractivity contribution in [3.05, 3.63) is 59.9 Å². The van der Waals surface area contributed by atoms with Crippen LogP contribution in [-0.2, 0) is 0 Å². The number of ether oxygens (including phenoxy) is 1. The van der Waals surface area contributed by atoms with Crippen LogP contribution < -0.4 is 4.74 Å². The summed E-state index contributed by atoms with van der Waals surface area (Å²) in [6.45, 7) is 0. The van der Waals surface area contributed by atoms with Crippen LogP contribution in [-0.4, -0.2) is 12.1 Å². The van der Waals surface area contributed by atoms with Crippen LogP contribution >= 0.6 is 0 Å². The molecule has 3 nitrogen and oxygen atoms in total. The summed E-state index contributed by atoms with van der Waals surface area (Å²) in [6, 6.07) is 15.2. The van der Waals surface area contributed by atoms with Gasteiger partial charge in [-0.25, -0.2) is 0 Å². The topological polar surface area (TPSA) is 45.9 Å². The largest absolute Gasteiger partial charge is 0.497 e. The highest BCUT2D eigenvalue weighted by atomic mass is 16.5. The fraction of sp³-hybridized carbons (Fsp3) is 0.0667. The summed E-state index contributed by atoms with van der Waals surface area (Å²) in [4.78, 5) is 4.16. The van der Waals surface area contributed by atoms with Crippen LogP contribution in [0.2, 0.25) is 0 Å². The van der Waals surface area contributed by atoms with E-state index in [-0.39, 0.29) is 0 Å². The van der Waals surface area contributed by atoms with Crippen LogP contribution in [0.4, 0.5) is 0 Å². The monoisotopic (exact) mass is 236 g/mol. The van der Waals surface area contributed by atoms with Crippen molar-refractivity contribution in [2.75, 3.05) is 7.11 Å². The second-order valence-electron chi connectivity index (χ2n) is 3.66. The van der Waals surface area contributed by atoms with Crippen molar-refractivity contribution in [2.45, 2.75) is 0 Å². The maximum Gasteiger partial charge on any atom is 0.118 e. The van der Waals surface area contributed by atoms with Crippen molar-refractivity contribution < 1.29 is 4.74 Å². The van der Waals surface area contributed by atoms with Gasteiger partial charge in [0.1, 0.15) is 11.8 Å². The summed E-state index contributed by atoms with van der Waals surface area (Å²) in [5, 5.41) is 9.16. The molecule has 0 bridgehead atoms. The van der Waals surface area contributed by atoms with Gasteiger partial charge in [-0.15, -0.1) is 0 Å². The molecule has 88 valence electrons. The Kier molecular flexibility index (Phi) is 3.72. The minimum absolute atomic E-state index is 0.542. The molecule has 2 aromatic rings. The van der Waals surface area contributed by atoms with Crippen molar-refractivity contribution >= 4 is 11.6 Å². The summed E-state index contributed by atoms with van der Waals surface area (Å²) in [5.74, 6) is 0.795. The van der Waals surface area contributed by atoms with E-state index in [1.165, 1.54) is 0 Å². The van der Waals surface area contributed by atoms with E-state index in [1.54, 1.807) is 13.3 Å². The van der Waals surface area contributed by atoms with Crippen LogP contribution in [0.5, 0.6) is 5.75 Å². The Bertz CT molecular complexity index is 580. The third kappa shape index (κ3) is 2.74. The summed E-state index contributed by atoms with van der Waals surface area (Å²) in [7, 11) is 1.62. The third-order valence-electron chi connectivity index (χ3n) is 2.49. The lowest BCUT2D eigenvalue weighted by molar-refractivity contribution is 0.415. The van der Waals surface area contributed by atoms with Gasteiger partial charge in [0.2, 0.25) is 0 Å². The number of allylic oxidation sites excluding steroid dienone is 1. The zero-order valence-corrected chi connectivity index (χ0v) is 10.00. The number of rotatable bonds is 3. The molecule has 1 aromatic heterocycles. The van der Waals surface area contributed by atoms with Gasteiger partial charge in [-0.3, -0.25) is 4.98 Å². The van der Waals surface area contributed by atoms with Crippen LogP contribution in [0.25, 0.3) is 11.6 Å². The molecule has 0 aliphatic rings. The lowest BCUT2D eigenvalue weighted by Crippen LogP contribution is -1.86. The average molecular weight is 236 g/mol. The van der Waals surface area contributed by atoms with Crippen LogP contribution in [0.15, 0.2) is 48.7 Å². The Hall–Kier alpha value is -2.60. The molecule has 0 atom stereocenters. The first-order valence-corrected chi connectivity index (χ1v) is 5.51. The molecule has 1 heterocycles. The van der Waals surface area contributed by atoms with Crippen LogP contribution in [0.3, 0.4) is 0 Å². The summed E-state index contributed by atoms with van der Waals surface area (Å²) in [6.07, 6.45) is 3.48. The molecule has 0 aliphatic heterocycles. The van der Waals surface area contributed by atoms with E-state index in [1.807, 2.05) is 48.5 Å². The van der Waals surface area contributed by atoms with E-state index in [4.69, 9.17) is 10.00 Å². The van der Waals surface area contributed by atoms with E-state index in [0.717, 1.165) is 11.3 Å². The Morgan fingerprint density at radius 1 is 1.22 bits per heavy atom. The SMILES string of the molecule is COc1ccc(/C=C(/C#N)c2ccccn2)cc1. The molecule has 0 spiro atoms. The zero-order valence-electron chi connectivity index (χ0n) is 10.00. The molecule has 0 fully saturated rings. The van der Waals surface area contributed by atoms with Crippen molar-refractivity contribution in [1.82, 2.24) is 4.98 Å². The molecule has 0 amide bonds. The van der Waals surface area contributed by atoms with Gasteiger partial charge < -0.3 is 4.74 Å². The Morgan fingerprint density at radius 2 is 2.00 bits per heavy atom. The fourth-order valence-electron chi connectivity index (χ4n) is 1.55. The van der Waals surface area contributed by atoms with Gasteiger partial charge in [0.25, 0.3) is 0 Å². The second kappa shape index (κ2) is 5.65. The van der Waals surface area contributed by atoms with E-state index >= 15 is 0 Å². The maximum absolute atomic E-state index is 9.16. The number of nitrogens with zero attached hydrogens (tertiary/aromatic N) is 2. The average Bonchev–Trinajstić information content (AvgIpc) is 2.46. The summed E-state index contributed by atoms with van der Waals surface area (Å²) in [5.41, 5.74) is 2.16. The lowest BCUT2D eigenvalue weighted by atomic mass is 10.1. The van der Waals surface area contributed by atoms with Crippen molar-refractivity contribution in [2.24, 2.45) is 0 Å². The van der Waals surface area contributed by atoms with Crippen molar-refractivity contribution in [3.8, 4) is 11.8 Å². The highest BCUT2D eigenvalue weighted by Crippen LogP contribution is 2.17. The van der Waals surface area contributed by atoms with Gasteiger partial charge in [-0.05, 0) is 35.9 Å². The van der Waals surface area contributed by atoms with Gasteiger partial charge in [-0.2, -0.15) is 5.26 Å². The number of nitriles is 1. The number of benzene rings is 1. The minimum Gasteiger partial charge on any atom is -0.497 e. The molecule has 0 aliphatic carbocycles. The molecule has 1 aromatic carbocycles. The Morgan fingerprint density at radius 3 is 2.56 bits per heavy atom. The predicted molar refractivity (Wildman–Crippen MR) is 70.7 cm³/mol. The highest BCUT2D eigenvalue weighted by Gasteiger charge is 2.01. The van der Waals surface area contributed by atoms with Crippen LogP contribution in [0, 0.1) is 11.3 Å². The van der Waals surface area contributed by atoms with Crippen molar-refractivity contribution in [1.29, 1.82) is 5.26 Å². The maximum atomic E-state index is 9.16. The van der Waals surface area contributed by atoms with Crippen LogP contribution in [0.1, 0.15) is 11.3 Å². The fourth-order valence-corrected chi connectivity index (χ4v) is 1.55. The van der Waals surface area contributed by atoms with E-state index < -0.39 is 0 Å². The van der Waals surface area contributed by atoms with Gasteiger partial charge >= 0.3 is 0 Å². The smallest absolute Gasteiger partial charge is 0.118 e. The summed E-state index contributed by atoms with van der Waals surface area (Å²) < 4.78 is 5.09. The third-order valence-corrected chi connectivity index (χ3v) is 2.49. The van der Waals surface area contributed by atoms with Gasteiger partial charge in [0, 0.05) is 6.20 Å². The first-order valence-electron chi connectivity index (χ1n) is 5.51. The normalized spacial score (nSPS) is 10.8. The van der Waals surface area contributed by atoms with E-state index in [2.05, 4.69) is 11.1 Å². The number of methoxy groups -OCH3 is 1. The molecular formula is C15H12N2O. The van der Waals surface area contributed by atoms with Gasteiger partial charge in [0.15, 0.2) is 0 Å². The Labute approximate surface area is 106 Å². The number of hydrogen-bond acceptors (Lipinski definition) is 3. The quantitative estimate of drug-likeness (QED) is 0.769. The first kappa shape index (κ1) is 11.9. The van der Waals surface area contributed by atoms with E-state index in [9.17, 15) is 0 Å². The van der Waals surface area contributed by atoms with Crippen molar-refractivity contribution in [3.63, 3.8) is 0 Å². The minimum atomic E-state index is 0.542. The predicted octanol–water partition coefficient (Wildman–Crippen LogP) is 3.15. The summed E-state index contributed by atoms with van der Waals surface area (Å²) >= 11 is 0. The Balaban J connectivity index is 2.33. The molecule has 0 radical (unpaired) electrons. The molecular weight excluding hydrogens is 224 g/mol. The molecule has 3 heteroatoms. The van der Waals surface area contributed by atoms with Gasteiger partial charge in [-0.1, -0.05) is 18.2 Å². The molecule has 2 rings (SSSR count). The molecule has 0 saturated heterocycles.